The van der Waals surface area contributed by atoms with E-state index in [1.807, 2.05) is 25.2 Å². The summed E-state index contributed by atoms with van der Waals surface area (Å²) in [7, 11) is 3.60. The number of primary amides is 1. The number of hydrogen-bond donors (Lipinski definition) is 3. The minimum atomic E-state index is -0.545. The molecule has 1 amide bonds. The highest BCUT2D eigenvalue weighted by Gasteiger charge is 2.40. The first-order chi connectivity index (χ1) is 13.0. The summed E-state index contributed by atoms with van der Waals surface area (Å²) in [4.78, 5) is 20.5. The molecule has 7 heteroatoms. The first-order valence-corrected chi connectivity index (χ1v) is 9.19. The van der Waals surface area contributed by atoms with Crippen molar-refractivity contribution in [1.29, 1.82) is 0 Å². The number of carbonyl (C=O) groups is 1. The second kappa shape index (κ2) is 7.92. The van der Waals surface area contributed by atoms with Crippen LogP contribution in [-0.4, -0.2) is 36.1 Å². The third kappa shape index (κ3) is 4.03. The standard InChI is InChI=1S/C20H27N5O2/c1-23-16-5-7-20(8-6-16,18(21)26)10-14-9-13(3-4-17(14)27-2)15-11-24-19(22)25-12-15/h3-4,9,11-12,16,23H,5-8,10H2,1-2H3,(H2,21,26)(H2,22,24,25). The molecule has 0 radical (unpaired) electrons. The predicted molar refractivity (Wildman–Crippen MR) is 105 cm³/mol. The summed E-state index contributed by atoms with van der Waals surface area (Å²) in [5.74, 6) is 0.758. The highest BCUT2D eigenvalue weighted by atomic mass is 16.5. The zero-order valence-corrected chi connectivity index (χ0v) is 15.9. The minimum absolute atomic E-state index is 0.236. The fourth-order valence-corrected chi connectivity index (χ4v) is 3.92. The van der Waals surface area contributed by atoms with Gasteiger partial charge in [0.05, 0.1) is 12.5 Å². The quantitative estimate of drug-likeness (QED) is 0.716. The average Bonchev–Trinajstić information content (AvgIpc) is 2.69. The van der Waals surface area contributed by atoms with E-state index in [0.29, 0.717) is 12.5 Å². The number of rotatable bonds is 6. The summed E-state index contributed by atoms with van der Waals surface area (Å²) in [5, 5.41) is 3.30. The molecule has 1 aliphatic carbocycles. The van der Waals surface area contributed by atoms with Crippen molar-refractivity contribution >= 4 is 11.9 Å². The van der Waals surface area contributed by atoms with Crippen molar-refractivity contribution in [3.63, 3.8) is 0 Å². The lowest BCUT2D eigenvalue weighted by molar-refractivity contribution is -0.129. The normalized spacial score (nSPS) is 22.4. The molecule has 5 N–H and O–H groups in total. The SMILES string of the molecule is CNC1CCC(Cc2cc(-c3cnc(N)nc3)ccc2OC)(C(N)=O)CC1. The maximum absolute atomic E-state index is 12.4. The van der Waals surface area contributed by atoms with Gasteiger partial charge in [-0.2, -0.15) is 0 Å². The number of nitrogen functional groups attached to an aromatic ring is 1. The molecule has 2 aromatic rings. The molecule has 1 aliphatic rings. The number of hydrogen-bond acceptors (Lipinski definition) is 6. The van der Waals surface area contributed by atoms with Crippen LogP contribution in [0.5, 0.6) is 5.75 Å². The van der Waals surface area contributed by atoms with E-state index in [1.54, 1.807) is 19.5 Å². The highest BCUT2D eigenvalue weighted by molar-refractivity contribution is 5.81. The van der Waals surface area contributed by atoms with Crippen LogP contribution in [0.15, 0.2) is 30.6 Å². The van der Waals surface area contributed by atoms with Crippen LogP contribution >= 0.6 is 0 Å². The van der Waals surface area contributed by atoms with Crippen molar-refractivity contribution in [2.24, 2.45) is 11.1 Å². The zero-order chi connectivity index (χ0) is 19.4. The number of ether oxygens (including phenoxy) is 1. The van der Waals surface area contributed by atoms with E-state index in [0.717, 1.165) is 48.1 Å². The number of nitrogens with one attached hydrogen (secondary N) is 1. The van der Waals surface area contributed by atoms with Crippen molar-refractivity contribution in [2.75, 3.05) is 19.9 Å². The summed E-state index contributed by atoms with van der Waals surface area (Å²) >= 11 is 0. The van der Waals surface area contributed by atoms with E-state index < -0.39 is 5.41 Å². The van der Waals surface area contributed by atoms with Gasteiger partial charge in [-0.15, -0.1) is 0 Å². The molecule has 144 valence electrons. The third-order valence-electron chi connectivity index (χ3n) is 5.69. The van der Waals surface area contributed by atoms with Gasteiger partial charge in [0.15, 0.2) is 0 Å². The molecule has 27 heavy (non-hydrogen) atoms. The van der Waals surface area contributed by atoms with Gasteiger partial charge in [-0.25, -0.2) is 9.97 Å². The summed E-state index contributed by atoms with van der Waals surface area (Å²) in [6.45, 7) is 0. The van der Waals surface area contributed by atoms with Crippen molar-refractivity contribution in [2.45, 2.75) is 38.1 Å². The molecule has 3 rings (SSSR count). The maximum Gasteiger partial charge on any atom is 0.223 e. The van der Waals surface area contributed by atoms with Crippen molar-refractivity contribution in [1.82, 2.24) is 15.3 Å². The summed E-state index contributed by atoms with van der Waals surface area (Å²) in [5.41, 5.74) is 13.7. The molecular formula is C20H27N5O2. The number of benzene rings is 1. The Morgan fingerprint density at radius 1 is 1.26 bits per heavy atom. The number of nitrogens with zero attached hydrogens (tertiary/aromatic N) is 2. The van der Waals surface area contributed by atoms with Crippen LogP contribution in [0.4, 0.5) is 5.95 Å². The minimum Gasteiger partial charge on any atom is -0.496 e. The summed E-state index contributed by atoms with van der Waals surface area (Å²) in [6.07, 6.45) is 7.36. The lowest BCUT2D eigenvalue weighted by Crippen LogP contribution is -2.45. The molecule has 1 heterocycles. The first-order valence-electron chi connectivity index (χ1n) is 9.19. The molecular weight excluding hydrogens is 342 g/mol. The third-order valence-corrected chi connectivity index (χ3v) is 5.69. The molecule has 0 atom stereocenters. The molecule has 1 saturated carbocycles. The molecule has 1 aromatic carbocycles. The number of carbonyl (C=O) groups excluding carboxylic acids is 1. The number of anilines is 1. The van der Waals surface area contributed by atoms with E-state index in [9.17, 15) is 4.79 Å². The fourth-order valence-electron chi connectivity index (χ4n) is 3.92. The number of methoxy groups -OCH3 is 1. The van der Waals surface area contributed by atoms with Gasteiger partial charge in [0.2, 0.25) is 11.9 Å². The van der Waals surface area contributed by atoms with Gasteiger partial charge in [-0.05, 0) is 62.4 Å². The summed E-state index contributed by atoms with van der Waals surface area (Å²) < 4.78 is 5.55. The second-order valence-electron chi connectivity index (χ2n) is 7.24. The molecule has 1 aromatic heterocycles. The van der Waals surface area contributed by atoms with Crippen LogP contribution in [0, 0.1) is 5.41 Å². The molecule has 0 spiro atoms. The van der Waals surface area contributed by atoms with Gasteiger partial charge in [0.25, 0.3) is 0 Å². The van der Waals surface area contributed by atoms with Crippen molar-refractivity contribution < 1.29 is 9.53 Å². The monoisotopic (exact) mass is 369 g/mol. The fraction of sp³-hybridized carbons (Fsp3) is 0.450. The van der Waals surface area contributed by atoms with Crippen LogP contribution in [0.25, 0.3) is 11.1 Å². The number of aromatic nitrogens is 2. The van der Waals surface area contributed by atoms with Gasteiger partial charge in [-0.1, -0.05) is 6.07 Å². The number of nitrogens with two attached hydrogens (primary N) is 2. The Balaban J connectivity index is 1.93. The zero-order valence-electron chi connectivity index (χ0n) is 15.9. The lowest BCUT2D eigenvalue weighted by atomic mass is 9.68. The van der Waals surface area contributed by atoms with Gasteiger partial charge in [0, 0.05) is 24.0 Å². The molecule has 7 nitrogen and oxygen atoms in total. The Morgan fingerprint density at radius 3 is 2.48 bits per heavy atom. The van der Waals surface area contributed by atoms with Gasteiger partial charge >= 0.3 is 0 Å². The van der Waals surface area contributed by atoms with E-state index in [2.05, 4.69) is 15.3 Å². The highest BCUT2D eigenvalue weighted by Crippen LogP contribution is 2.41. The van der Waals surface area contributed by atoms with Crippen LogP contribution in [0.3, 0.4) is 0 Å². The molecule has 0 aliphatic heterocycles. The second-order valence-corrected chi connectivity index (χ2v) is 7.24. The van der Waals surface area contributed by atoms with E-state index in [-0.39, 0.29) is 11.9 Å². The Bertz CT molecular complexity index is 799. The smallest absolute Gasteiger partial charge is 0.223 e. The largest absolute Gasteiger partial charge is 0.496 e. The van der Waals surface area contributed by atoms with Gasteiger partial charge in [0.1, 0.15) is 5.75 Å². The summed E-state index contributed by atoms with van der Waals surface area (Å²) in [6, 6.07) is 6.33. The Kier molecular flexibility index (Phi) is 5.60. The Labute approximate surface area is 159 Å². The van der Waals surface area contributed by atoms with Gasteiger partial charge in [-0.3, -0.25) is 4.79 Å². The van der Waals surface area contributed by atoms with Crippen LogP contribution < -0.4 is 21.5 Å². The van der Waals surface area contributed by atoms with Crippen LogP contribution in [0.2, 0.25) is 0 Å². The van der Waals surface area contributed by atoms with E-state index in [1.165, 1.54) is 0 Å². The van der Waals surface area contributed by atoms with Gasteiger partial charge < -0.3 is 21.5 Å². The topological polar surface area (TPSA) is 116 Å². The lowest BCUT2D eigenvalue weighted by Gasteiger charge is -2.38. The number of amides is 1. The van der Waals surface area contributed by atoms with Crippen LogP contribution in [-0.2, 0) is 11.2 Å². The van der Waals surface area contributed by atoms with E-state index in [4.69, 9.17) is 16.2 Å². The molecule has 0 saturated heterocycles. The average molecular weight is 369 g/mol. The van der Waals surface area contributed by atoms with Crippen molar-refractivity contribution in [3.05, 3.63) is 36.2 Å². The molecule has 1 fully saturated rings. The molecule has 0 unspecified atom stereocenters. The Hall–Kier alpha value is -2.67. The predicted octanol–water partition coefficient (Wildman–Crippen LogP) is 1.91. The Morgan fingerprint density at radius 2 is 1.93 bits per heavy atom. The molecule has 0 bridgehead atoms. The van der Waals surface area contributed by atoms with Crippen LogP contribution in [0.1, 0.15) is 31.2 Å². The first kappa shape index (κ1) is 19.1. The van der Waals surface area contributed by atoms with Crippen molar-refractivity contribution in [3.8, 4) is 16.9 Å². The van der Waals surface area contributed by atoms with E-state index >= 15 is 0 Å². The maximum atomic E-state index is 12.4.